The van der Waals surface area contributed by atoms with Crippen LogP contribution < -0.4 is 0 Å². The smallest absolute Gasteiger partial charge is 0.0660 e. The van der Waals surface area contributed by atoms with Gasteiger partial charge in [0.2, 0.25) is 0 Å². The lowest BCUT2D eigenvalue weighted by Crippen LogP contribution is -2.27. The second kappa shape index (κ2) is 4.27. The standard InChI is InChI=1S/C13H14BrN3/c1-16-6-5-10-8-15-17(13(10)9-16)12-4-2-3-11(14)7-12/h2-4,7-8H,5-6,9H2,1H3. The van der Waals surface area contributed by atoms with E-state index in [2.05, 4.69) is 49.8 Å². The Morgan fingerprint density at radius 3 is 3.06 bits per heavy atom. The van der Waals surface area contributed by atoms with Crippen LogP contribution in [0, 0.1) is 0 Å². The summed E-state index contributed by atoms with van der Waals surface area (Å²) in [4.78, 5) is 2.33. The Hall–Kier alpha value is -1.13. The number of aromatic nitrogens is 2. The van der Waals surface area contributed by atoms with Crippen molar-refractivity contribution in [3.05, 3.63) is 46.2 Å². The van der Waals surface area contributed by atoms with Crippen LogP contribution in [-0.2, 0) is 13.0 Å². The molecule has 17 heavy (non-hydrogen) atoms. The molecule has 0 saturated carbocycles. The summed E-state index contributed by atoms with van der Waals surface area (Å²) in [5.74, 6) is 0. The summed E-state index contributed by atoms with van der Waals surface area (Å²) in [6, 6.07) is 8.26. The van der Waals surface area contributed by atoms with Crippen LogP contribution in [0.25, 0.3) is 5.69 Å². The minimum atomic E-state index is 0.974. The van der Waals surface area contributed by atoms with Gasteiger partial charge >= 0.3 is 0 Å². The van der Waals surface area contributed by atoms with Gasteiger partial charge in [0.15, 0.2) is 0 Å². The fraction of sp³-hybridized carbons (Fsp3) is 0.308. The molecule has 2 aromatic rings. The molecule has 0 atom stereocenters. The van der Waals surface area contributed by atoms with Crippen molar-refractivity contribution in [3.63, 3.8) is 0 Å². The van der Waals surface area contributed by atoms with Crippen molar-refractivity contribution in [1.29, 1.82) is 0 Å². The van der Waals surface area contributed by atoms with Crippen LogP contribution in [0.4, 0.5) is 0 Å². The number of likely N-dealkylation sites (N-methyl/N-ethyl adjacent to an activating group) is 1. The average molecular weight is 292 g/mol. The number of nitrogens with zero attached hydrogens (tertiary/aromatic N) is 3. The van der Waals surface area contributed by atoms with Crippen LogP contribution in [0.3, 0.4) is 0 Å². The third kappa shape index (κ3) is 2.03. The van der Waals surface area contributed by atoms with E-state index in [1.54, 1.807) is 0 Å². The fourth-order valence-corrected chi connectivity index (χ4v) is 2.65. The zero-order valence-electron chi connectivity index (χ0n) is 9.73. The number of halogens is 1. The van der Waals surface area contributed by atoms with Gasteiger partial charge in [-0.3, -0.25) is 0 Å². The molecule has 1 aromatic heterocycles. The Kier molecular flexibility index (Phi) is 2.76. The van der Waals surface area contributed by atoms with E-state index >= 15 is 0 Å². The van der Waals surface area contributed by atoms with Gasteiger partial charge in [0.25, 0.3) is 0 Å². The van der Waals surface area contributed by atoms with Crippen LogP contribution in [0.15, 0.2) is 34.9 Å². The van der Waals surface area contributed by atoms with Gasteiger partial charge in [0.1, 0.15) is 0 Å². The number of benzene rings is 1. The molecular weight excluding hydrogens is 278 g/mol. The maximum Gasteiger partial charge on any atom is 0.0660 e. The van der Waals surface area contributed by atoms with Gasteiger partial charge in [0.05, 0.1) is 17.6 Å². The molecule has 0 N–H and O–H groups in total. The lowest BCUT2D eigenvalue weighted by Gasteiger charge is -2.23. The van der Waals surface area contributed by atoms with Crippen molar-refractivity contribution < 1.29 is 0 Å². The second-order valence-corrected chi connectivity index (χ2v) is 5.41. The van der Waals surface area contributed by atoms with Gasteiger partial charge in [-0.2, -0.15) is 5.10 Å². The first-order valence-electron chi connectivity index (χ1n) is 5.74. The average Bonchev–Trinajstić information content (AvgIpc) is 2.71. The molecule has 2 heterocycles. The molecule has 0 bridgehead atoms. The van der Waals surface area contributed by atoms with Crippen molar-refractivity contribution in [3.8, 4) is 5.69 Å². The van der Waals surface area contributed by atoms with Crippen molar-refractivity contribution in [2.75, 3.05) is 13.6 Å². The zero-order chi connectivity index (χ0) is 11.8. The van der Waals surface area contributed by atoms with E-state index in [0.29, 0.717) is 0 Å². The van der Waals surface area contributed by atoms with Crippen LogP contribution in [-0.4, -0.2) is 28.3 Å². The third-order valence-electron chi connectivity index (χ3n) is 3.19. The summed E-state index contributed by atoms with van der Waals surface area (Å²) >= 11 is 3.50. The minimum Gasteiger partial charge on any atom is -0.300 e. The van der Waals surface area contributed by atoms with Gasteiger partial charge < -0.3 is 4.90 Å². The first-order valence-corrected chi connectivity index (χ1v) is 6.53. The minimum absolute atomic E-state index is 0.974. The molecule has 1 aliphatic heterocycles. The number of hydrogen-bond donors (Lipinski definition) is 0. The SMILES string of the molecule is CN1CCc2cnn(-c3cccc(Br)c3)c2C1. The highest BCUT2D eigenvalue weighted by Crippen LogP contribution is 2.22. The normalized spacial score (nSPS) is 15.9. The predicted molar refractivity (Wildman–Crippen MR) is 71.3 cm³/mol. The molecule has 0 unspecified atom stereocenters. The summed E-state index contributed by atoms with van der Waals surface area (Å²) in [5.41, 5.74) is 3.82. The lowest BCUT2D eigenvalue weighted by molar-refractivity contribution is 0.305. The Balaban J connectivity index is 2.07. The quantitative estimate of drug-likeness (QED) is 0.805. The highest BCUT2D eigenvalue weighted by atomic mass is 79.9. The van der Waals surface area contributed by atoms with E-state index in [9.17, 15) is 0 Å². The van der Waals surface area contributed by atoms with E-state index in [-0.39, 0.29) is 0 Å². The molecule has 3 rings (SSSR count). The first-order chi connectivity index (χ1) is 8.24. The highest BCUT2D eigenvalue weighted by molar-refractivity contribution is 9.10. The van der Waals surface area contributed by atoms with E-state index in [1.807, 2.05) is 18.3 Å². The van der Waals surface area contributed by atoms with Crippen LogP contribution in [0.2, 0.25) is 0 Å². The Morgan fingerprint density at radius 1 is 1.35 bits per heavy atom. The number of rotatable bonds is 1. The Labute approximate surface area is 109 Å². The molecule has 0 radical (unpaired) electrons. The van der Waals surface area contributed by atoms with Crippen molar-refractivity contribution in [2.45, 2.75) is 13.0 Å². The third-order valence-corrected chi connectivity index (χ3v) is 3.68. The number of hydrogen-bond acceptors (Lipinski definition) is 2. The lowest BCUT2D eigenvalue weighted by atomic mass is 10.1. The maximum atomic E-state index is 4.51. The molecule has 1 aromatic carbocycles. The topological polar surface area (TPSA) is 21.1 Å². The van der Waals surface area contributed by atoms with Gasteiger partial charge in [-0.1, -0.05) is 22.0 Å². The highest BCUT2D eigenvalue weighted by Gasteiger charge is 2.18. The summed E-state index contributed by atoms with van der Waals surface area (Å²) in [5, 5.41) is 4.51. The monoisotopic (exact) mass is 291 g/mol. The molecule has 0 fully saturated rings. The van der Waals surface area contributed by atoms with Crippen molar-refractivity contribution in [1.82, 2.24) is 14.7 Å². The van der Waals surface area contributed by atoms with E-state index in [4.69, 9.17) is 0 Å². The predicted octanol–water partition coefficient (Wildman–Crippen LogP) is 2.62. The molecule has 4 heteroatoms. The van der Waals surface area contributed by atoms with Crippen molar-refractivity contribution >= 4 is 15.9 Å². The second-order valence-electron chi connectivity index (χ2n) is 4.50. The molecular formula is C13H14BrN3. The maximum absolute atomic E-state index is 4.51. The summed E-state index contributed by atoms with van der Waals surface area (Å²) in [7, 11) is 2.15. The molecule has 3 nitrogen and oxygen atoms in total. The molecule has 0 aliphatic carbocycles. The summed E-state index contributed by atoms with van der Waals surface area (Å²) in [6.45, 7) is 2.10. The van der Waals surface area contributed by atoms with Gasteiger partial charge in [0, 0.05) is 17.6 Å². The van der Waals surface area contributed by atoms with Crippen molar-refractivity contribution in [2.24, 2.45) is 0 Å². The number of fused-ring (bicyclic) bond motifs is 1. The fourth-order valence-electron chi connectivity index (χ4n) is 2.26. The summed E-state index contributed by atoms with van der Waals surface area (Å²) in [6.07, 6.45) is 3.10. The summed E-state index contributed by atoms with van der Waals surface area (Å²) < 4.78 is 3.14. The van der Waals surface area contributed by atoms with E-state index in [0.717, 1.165) is 29.7 Å². The van der Waals surface area contributed by atoms with Gasteiger partial charge in [-0.25, -0.2) is 4.68 Å². The van der Waals surface area contributed by atoms with Crippen LogP contribution >= 0.6 is 15.9 Å². The van der Waals surface area contributed by atoms with Crippen LogP contribution in [0.5, 0.6) is 0 Å². The molecule has 0 saturated heterocycles. The Bertz CT molecular complexity index is 547. The first kappa shape index (κ1) is 11.0. The zero-order valence-corrected chi connectivity index (χ0v) is 11.3. The molecule has 0 amide bonds. The largest absolute Gasteiger partial charge is 0.300 e. The molecule has 0 spiro atoms. The van der Waals surface area contributed by atoms with Gasteiger partial charge in [-0.05, 0) is 37.2 Å². The van der Waals surface area contributed by atoms with Gasteiger partial charge in [-0.15, -0.1) is 0 Å². The van der Waals surface area contributed by atoms with Crippen LogP contribution in [0.1, 0.15) is 11.3 Å². The van der Waals surface area contributed by atoms with E-state index in [1.165, 1.54) is 11.3 Å². The molecule has 88 valence electrons. The van der Waals surface area contributed by atoms with E-state index < -0.39 is 0 Å². The molecule has 1 aliphatic rings. The Morgan fingerprint density at radius 2 is 2.24 bits per heavy atom.